The zero-order chi connectivity index (χ0) is 19.4. The van der Waals surface area contributed by atoms with Crippen LogP contribution in [0.4, 0.5) is 15.8 Å². The first kappa shape index (κ1) is 19.7. The molecule has 2 aromatic rings. The largest absolute Gasteiger partial charge is 0.379 e. The average Bonchev–Trinajstić information content (AvgIpc) is 2.66. The molecule has 0 spiro atoms. The van der Waals surface area contributed by atoms with Gasteiger partial charge >= 0.3 is 0 Å². The summed E-state index contributed by atoms with van der Waals surface area (Å²) in [6, 6.07) is 10.7. The molecule has 2 N–H and O–H groups in total. The Hall–Kier alpha value is -2.07. The van der Waals surface area contributed by atoms with Crippen LogP contribution >= 0.6 is 12.2 Å². The lowest BCUT2D eigenvalue weighted by Gasteiger charge is -2.26. The quantitative estimate of drug-likeness (QED) is 0.757. The molecular weight excluding hydrogens is 389 g/mol. The molecule has 1 fully saturated rings. The molecule has 3 rings (SSSR count). The normalized spacial score (nSPS) is 15.3. The van der Waals surface area contributed by atoms with Gasteiger partial charge in [0.2, 0.25) is 10.0 Å². The number of hydrogen-bond acceptors (Lipinski definition) is 4. The van der Waals surface area contributed by atoms with Crippen LogP contribution in [-0.2, 0) is 14.8 Å². The zero-order valence-corrected chi connectivity index (χ0v) is 16.4. The van der Waals surface area contributed by atoms with E-state index in [1.165, 1.54) is 28.6 Å². The smallest absolute Gasteiger partial charge is 0.243 e. The van der Waals surface area contributed by atoms with Gasteiger partial charge < -0.3 is 15.4 Å². The van der Waals surface area contributed by atoms with Gasteiger partial charge in [0.1, 0.15) is 5.82 Å². The molecule has 1 aliphatic heterocycles. The first-order valence-electron chi connectivity index (χ1n) is 8.38. The highest BCUT2D eigenvalue weighted by molar-refractivity contribution is 7.89. The van der Waals surface area contributed by atoms with E-state index in [0.29, 0.717) is 37.7 Å². The second-order valence-corrected chi connectivity index (χ2v) is 8.43. The molecule has 27 heavy (non-hydrogen) atoms. The highest BCUT2D eigenvalue weighted by Gasteiger charge is 2.26. The van der Waals surface area contributed by atoms with E-state index in [-0.39, 0.29) is 15.8 Å². The molecular formula is C18H20FN3O3S2. The summed E-state index contributed by atoms with van der Waals surface area (Å²) >= 11 is 5.24. The first-order valence-corrected chi connectivity index (χ1v) is 10.2. The second kappa shape index (κ2) is 8.30. The van der Waals surface area contributed by atoms with Gasteiger partial charge in [0.25, 0.3) is 0 Å². The summed E-state index contributed by atoms with van der Waals surface area (Å²) in [4.78, 5) is 0.217. The molecule has 144 valence electrons. The summed E-state index contributed by atoms with van der Waals surface area (Å²) < 4.78 is 45.2. The molecule has 0 aromatic heterocycles. The van der Waals surface area contributed by atoms with Crippen molar-refractivity contribution in [1.29, 1.82) is 0 Å². The molecule has 0 amide bonds. The summed E-state index contributed by atoms with van der Waals surface area (Å²) in [5, 5.41) is 6.19. The van der Waals surface area contributed by atoms with E-state index >= 15 is 0 Å². The van der Waals surface area contributed by atoms with Gasteiger partial charge in [-0.1, -0.05) is 6.07 Å². The van der Waals surface area contributed by atoms with Crippen LogP contribution in [0.2, 0.25) is 0 Å². The van der Waals surface area contributed by atoms with Crippen molar-refractivity contribution in [3.05, 3.63) is 53.8 Å². The number of nitrogens with one attached hydrogen (secondary N) is 2. The molecule has 1 saturated heterocycles. The molecule has 0 aliphatic carbocycles. The third-order valence-corrected chi connectivity index (χ3v) is 6.28. The Balaban J connectivity index is 1.66. The van der Waals surface area contributed by atoms with Gasteiger partial charge in [-0.3, -0.25) is 0 Å². The van der Waals surface area contributed by atoms with Crippen LogP contribution in [0.1, 0.15) is 5.56 Å². The van der Waals surface area contributed by atoms with Crippen LogP contribution in [0, 0.1) is 12.7 Å². The number of sulfonamides is 1. The van der Waals surface area contributed by atoms with E-state index in [2.05, 4.69) is 10.6 Å². The standard InChI is InChI=1S/C18H20FN3O3S2/c1-13-2-3-14(19)12-17(13)21-18(26)20-15-4-6-16(7-5-15)27(23,24)22-8-10-25-11-9-22/h2-7,12H,8-11H2,1H3,(H2,20,21,26). The van der Waals surface area contributed by atoms with Crippen LogP contribution in [0.3, 0.4) is 0 Å². The monoisotopic (exact) mass is 409 g/mol. The molecule has 2 aromatic carbocycles. The third kappa shape index (κ3) is 4.81. The van der Waals surface area contributed by atoms with Crippen LogP contribution in [0.15, 0.2) is 47.4 Å². The van der Waals surface area contributed by atoms with Crippen molar-refractivity contribution in [2.24, 2.45) is 0 Å². The summed E-state index contributed by atoms with van der Waals surface area (Å²) in [6.45, 7) is 3.35. The fraction of sp³-hybridized carbons (Fsp3) is 0.278. The summed E-state index contributed by atoms with van der Waals surface area (Å²) in [7, 11) is -3.53. The number of ether oxygens (including phenoxy) is 1. The molecule has 0 bridgehead atoms. The Kier molecular flexibility index (Phi) is 6.05. The summed E-state index contributed by atoms with van der Waals surface area (Å²) in [5.41, 5.74) is 2.05. The number of morpholine rings is 1. The maximum absolute atomic E-state index is 13.4. The molecule has 0 unspecified atom stereocenters. The number of thiocarbonyl (C=S) groups is 1. The predicted molar refractivity (Wildman–Crippen MR) is 107 cm³/mol. The van der Waals surface area contributed by atoms with Crippen molar-refractivity contribution in [2.75, 3.05) is 36.9 Å². The van der Waals surface area contributed by atoms with Gasteiger partial charge in [-0.05, 0) is 61.1 Å². The molecule has 0 radical (unpaired) electrons. The average molecular weight is 410 g/mol. The van der Waals surface area contributed by atoms with Gasteiger partial charge in [-0.25, -0.2) is 12.8 Å². The lowest BCUT2D eigenvalue weighted by atomic mass is 10.2. The topological polar surface area (TPSA) is 70.7 Å². The van der Waals surface area contributed by atoms with Crippen molar-refractivity contribution in [3.63, 3.8) is 0 Å². The lowest BCUT2D eigenvalue weighted by Crippen LogP contribution is -2.40. The molecule has 1 heterocycles. The van der Waals surface area contributed by atoms with Crippen molar-refractivity contribution >= 4 is 38.7 Å². The highest BCUT2D eigenvalue weighted by atomic mass is 32.2. The maximum Gasteiger partial charge on any atom is 0.243 e. The Morgan fingerprint density at radius 3 is 2.44 bits per heavy atom. The Bertz CT molecular complexity index is 927. The Morgan fingerprint density at radius 2 is 1.78 bits per heavy atom. The lowest BCUT2D eigenvalue weighted by molar-refractivity contribution is 0.0730. The van der Waals surface area contributed by atoms with Gasteiger partial charge in [0.05, 0.1) is 18.1 Å². The third-order valence-electron chi connectivity index (χ3n) is 4.17. The second-order valence-electron chi connectivity index (χ2n) is 6.08. The van der Waals surface area contributed by atoms with E-state index in [1.807, 2.05) is 6.92 Å². The van der Waals surface area contributed by atoms with Crippen molar-refractivity contribution in [3.8, 4) is 0 Å². The van der Waals surface area contributed by atoms with Crippen LogP contribution < -0.4 is 10.6 Å². The van der Waals surface area contributed by atoms with E-state index < -0.39 is 10.0 Å². The van der Waals surface area contributed by atoms with E-state index in [0.717, 1.165) is 5.56 Å². The minimum Gasteiger partial charge on any atom is -0.379 e. The van der Waals surface area contributed by atoms with Gasteiger partial charge in [-0.2, -0.15) is 4.31 Å². The van der Waals surface area contributed by atoms with Crippen molar-refractivity contribution < 1.29 is 17.5 Å². The Morgan fingerprint density at radius 1 is 1.11 bits per heavy atom. The summed E-state index contributed by atoms with van der Waals surface area (Å²) in [6.07, 6.45) is 0. The van der Waals surface area contributed by atoms with Crippen molar-refractivity contribution in [1.82, 2.24) is 4.31 Å². The first-order chi connectivity index (χ1) is 12.9. The minimum atomic E-state index is -3.53. The molecule has 0 atom stereocenters. The highest BCUT2D eigenvalue weighted by Crippen LogP contribution is 2.20. The zero-order valence-electron chi connectivity index (χ0n) is 14.7. The van der Waals surface area contributed by atoms with Crippen molar-refractivity contribution in [2.45, 2.75) is 11.8 Å². The van der Waals surface area contributed by atoms with Crippen LogP contribution in [-0.4, -0.2) is 44.1 Å². The number of aryl methyl sites for hydroxylation is 1. The van der Waals surface area contributed by atoms with E-state index in [4.69, 9.17) is 17.0 Å². The minimum absolute atomic E-state index is 0.217. The maximum atomic E-state index is 13.4. The molecule has 1 aliphatic rings. The van der Waals surface area contributed by atoms with Gasteiger partial charge in [-0.15, -0.1) is 0 Å². The number of nitrogens with zero attached hydrogens (tertiary/aromatic N) is 1. The molecule has 0 saturated carbocycles. The number of benzene rings is 2. The van der Waals surface area contributed by atoms with Crippen LogP contribution in [0.5, 0.6) is 0 Å². The number of rotatable bonds is 4. The number of hydrogen-bond donors (Lipinski definition) is 2. The number of anilines is 2. The summed E-state index contributed by atoms with van der Waals surface area (Å²) in [5.74, 6) is -0.358. The molecule has 6 nitrogen and oxygen atoms in total. The van der Waals surface area contributed by atoms with Gasteiger partial charge in [0.15, 0.2) is 5.11 Å². The van der Waals surface area contributed by atoms with Crippen LogP contribution in [0.25, 0.3) is 0 Å². The predicted octanol–water partition coefficient (Wildman–Crippen LogP) is 2.96. The van der Waals surface area contributed by atoms with E-state index in [1.54, 1.807) is 18.2 Å². The fourth-order valence-electron chi connectivity index (χ4n) is 2.66. The fourth-order valence-corrected chi connectivity index (χ4v) is 4.30. The SMILES string of the molecule is Cc1ccc(F)cc1NC(=S)Nc1ccc(S(=O)(=O)N2CCOCC2)cc1. The Labute approximate surface area is 163 Å². The van der Waals surface area contributed by atoms with Gasteiger partial charge in [0, 0.05) is 24.5 Å². The molecule has 9 heteroatoms. The number of halogens is 1. The van der Waals surface area contributed by atoms with E-state index in [9.17, 15) is 12.8 Å².